The fourth-order valence-corrected chi connectivity index (χ4v) is 3.76. The molecule has 3 aromatic rings. The van der Waals surface area contributed by atoms with Gasteiger partial charge >= 0.3 is 6.03 Å². The van der Waals surface area contributed by atoms with Crippen molar-refractivity contribution in [3.05, 3.63) is 59.7 Å². The predicted octanol–water partition coefficient (Wildman–Crippen LogP) is 2.07. The van der Waals surface area contributed by atoms with E-state index in [0.717, 1.165) is 4.90 Å². The Morgan fingerprint density at radius 2 is 1.82 bits per heavy atom. The molecule has 5 rings (SSSR count). The van der Waals surface area contributed by atoms with Gasteiger partial charge in [0, 0.05) is 5.69 Å². The van der Waals surface area contributed by atoms with Crippen molar-refractivity contribution in [2.45, 2.75) is 19.0 Å². The highest BCUT2D eigenvalue weighted by molar-refractivity contribution is 6.07. The molecule has 12 heteroatoms. The van der Waals surface area contributed by atoms with Crippen LogP contribution in [-0.4, -0.2) is 45.0 Å². The van der Waals surface area contributed by atoms with Crippen molar-refractivity contribution in [1.82, 2.24) is 25.2 Å². The number of urea groups is 1. The molecule has 0 spiro atoms. The second-order valence-corrected chi connectivity index (χ2v) is 7.87. The third-order valence-electron chi connectivity index (χ3n) is 5.49. The molecule has 0 bridgehead atoms. The number of imide groups is 1. The lowest BCUT2D eigenvalue weighted by Gasteiger charge is -2.25. The van der Waals surface area contributed by atoms with Gasteiger partial charge in [-0.25, -0.2) is 9.18 Å². The summed E-state index contributed by atoms with van der Waals surface area (Å²) in [5.74, 6) is 0.308. The van der Waals surface area contributed by atoms with E-state index in [1.54, 1.807) is 25.1 Å². The molecular formula is C22H20FN7O4. The summed E-state index contributed by atoms with van der Waals surface area (Å²) in [6, 6.07) is 10.1. The number of hydrogen-bond donors (Lipinski definition) is 3. The van der Waals surface area contributed by atoms with Crippen molar-refractivity contribution < 1.29 is 23.5 Å². The van der Waals surface area contributed by atoms with Crippen LogP contribution in [0.2, 0.25) is 0 Å². The average molecular weight is 465 g/mol. The quantitative estimate of drug-likeness (QED) is 0.482. The number of amides is 3. The number of rotatable bonds is 5. The number of nitrogens with two attached hydrogens (primary N) is 1. The maximum Gasteiger partial charge on any atom is 0.325 e. The lowest BCUT2D eigenvalue weighted by Crippen LogP contribution is -2.41. The number of nitrogens with one attached hydrogen (secondary N) is 2. The van der Waals surface area contributed by atoms with Crippen LogP contribution in [0.1, 0.15) is 18.3 Å². The molecular weight excluding hydrogens is 445 g/mol. The summed E-state index contributed by atoms with van der Waals surface area (Å²) in [4.78, 5) is 39.4. The Kier molecular flexibility index (Phi) is 5.11. The SMILES string of the molecule is C[C@]1(c2ccc3c(c2)OCCO3)NC(=O)N(Cc2nc(N)nc(Nc3ccc(F)cc3)n2)C1=O. The van der Waals surface area contributed by atoms with Crippen LogP contribution < -0.4 is 25.8 Å². The minimum Gasteiger partial charge on any atom is -0.486 e. The molecule has 1 saturated heterocycles. The molecule has 0 unspecified atom stereocenters. The van der Waals surface area contributed by atoms with Crippen molar-refractivity contribution in [2.75, 3.05) is 24.3 Å². The minimum absolute atomic E-state index is 0.0933. The standard InChI is InChI=1S/C22H20FN7O4/c1-22(12-2-7-15-16(10-12)34-9-8-33-15)18(31)30(21(32)29-22)11-17-26-19(24)28-20(27-17)25-14-5-3-13(23)4-6-14/h2-7,10H,8-9,11H2,1H3,(H,29,32)(H3,24,25,26,27,28)/t22-/m1/s1. The first-order chi connectivity index (χ1) is 16.3. The average Bonchev–Trinajstić information content (AvgIpc) is 3.04. The second-order valence-electron chi connectivity index (χ2n) is 7.87. The first-order valence-electron chi connectivity index (χ1n) is 10.4. The predicted molar refractivity (Wildman–Crippen MR) is 118 cm³/mol. The van der Waals surface area contributed by atoms with Gasteiger partial charge in [-0.05, 0) is 48.9 Å². The summed E-state index contributed by atoms with van der Waals surface area (Å²) in [7, 11) is 0. The zero-order chi connectivity index (χ0) is 23.9. The van der Waals surface area contributed by atoms with E-state index in [0.29, 0.717) is 36.0 Å². The van der Waals surface area contributed by atoms with Crippen LogP contribution in [0.5, 0.6) is 11.5 Å². The zero-order valence-electron chi connectivity index (χ0n) is 18.0. The molecule has 3 amide bonds. The first kappa shape index (κ1) is 21.4. The lowest BCUT2D eigenvalue weighted by molar-refractivity contribution is -0.131. The summed E-state index contributed by atoms with van der Waals surface area (Å²) >= 11 is 0. The zero-order valence-corrected chi connectivity index (χ0v) is 18.0. The Hall–Kier alpha value is -4.48. The van der Waals surface area contributed by atoms with E-state index >= 15 is 0 Å². The van der Waals surface area contributed by atoms with Crippen LogP contribution in [-0.2, 0) is 16.9 Å². The molecule has 11 nitrogen and oxygen atoms in total. The number of halogens is 1. The molecule has 2 aliphatic heterocycles. The summed E-state index contributed by atoms with van der Waals surface area (Å²) in [6.45, 7) is 2.23. The highest BCUT2D eigenvalue weighted by Crippen LogP contribution is 2.37. The Bertz CT molecular complexity index is 1290. The van der Waals surface area contributed by atoms with Crippen LogP contribution >= 0.6 is 0 Å². The number of fused-ring (bicyclic) bond motifs is 1. The highest BCUT2D eigenvalue weighted by Gasteiger charge is 2.49. The molecule has 34 heavy (non-hydrogen) atoms. The van der Waals surface area contributed by atoms with Gasteiger partial charge in [-0.1, -0.05) is 6.07 Å². The third-order valence-corrected chi connectivity index (χ3v) is 5.49. The minimum atomic E-state index is -1.32. The monoisotopic (exact) mass is 465 g/mol. The molecule has 2 aliphatic rings. The molecule has 0 aliphatic carbocycles. The number of benzene rings is 2. The number of ether oxygens (including phenoxy) is 2. The fourth-order valence-electron chi connectivity index (χ4n) is 3.76. The molecule has 1 atom stereocenters. The maximum atomic E-state index is 13.3. The molecule has 4 N–H and O–H groups in total. The summed E-state index contributed by atoms with van der Waals surface area (Å²) in [5, 5.41) is 5.63. The van der Waals surface area contributed by atoms with Gasteiger partial charge in [0.25, 0.3) is 5.91 Å². The fraction of sp³-hybridized carbons (Fsp3) is 0.227. The van der Waals surface area contributed by atoms with Crippen LogP contribution in [0.3, 0.4) is 0 Å². The Morgan fingerprint density at radius 3 is 2.59 bits per heavy atom. The topological polar surface area (TPSA) is 145 Å². The van der Waals surface area contributed by atoms with Crippen molar-refractivity contribution in [1.29, 1.82) is 0 Å². The highest BCUT2D eigenvalue weighted by atomic mass is 19.1. The summed E-state index contributed by atoms with van der Waals surface area (Å²) in [5.41, 5.74) is 5.55. The van der Waals surface area contributed by atoms with Crippen LogP contribution in [0, 0.1) is 5.82 Å². The van der Waals surface area contributed by atoms with Crippen LogP contribution in [0.4, 0.5) is 26.8 Å². The number of nitrogen functional groups attached to an aromatic ring is 1. The van der Waals surface area contributed by atoms with Gasteiger partial charge in [-0.2, -0.15) is 15.0 Å². The molecule has 3 heterocycles. The number of anilines is 3. The number of hydrogen-bond acceptors (Lipinski definition) is 9. The maximum absolute atomic E-state index is 13.3. The Labute approximate surface area is 193 Å². The number of carbonyl (C=O) groups is 2. The van der Waals surface area contributed by atoms with Gasteiger partial charge in [-0.3, -0.25) is 9.69 Å². The van der Waals surface area contributed by atoms with Gasteiger partial charge in [0.1, 0.15) is 24.6 Å². The largest absolute Gasteiger partial charge is 0.486 e. The lowest BCUT2D eigenvalue weighted by atomic mass is 9.91. The summed E-state index contributed by atoms with van der Waals surface area (Å²) in [6.07, 6.45) is 0. The van der Waals surface area contributed by atoms with Crippen molar-refractivity contribution in [3.8, 4) is 11.5 Å². The van der Waals surface area contributed by atoms with Crippen molar-refractivity contribution in [2.24, 2.45) is 0 Å². The molecule has 174 valence electrons. The molecule has 0 radical (unpaired) electrons. The van der Waals surface area contributed by atoms with Crippen LogP contribution in [0.25, 0.3) is 0 Å². The van der Waals surface area contributed by atoms with Gasteiger partial charge in [0.15, 0.2) is 17.3 Å². The van der Waals surface area contributed by atoms with E-state index in [4.69, 9.17) is 15.2 Å². The van der Waals surface area contributed by atoms with Crippen molar-refractivity contribution in [3.63, 3.8) is 0 Å². The Balaban J connectivity index is 1.38. The first-order valence-corrected chi connectivity index (χ1v) is 10.4. The third kappa shape index (κ3) is 3.89. The van der Waals surface area contributed by atoms with E-state index in [9.17, 15) is 14.0 Å². The molecule has 0 saturated carbocycles. The molecule has 2 aromatic carbocycles. The summed E-state index contributed by atoms with van der Waals surface area (Å²) < 4.78 is 24.3. The van der Waals surface area contributed by atoms with Crippen molar-refractivity contribution >= 4 is 29.5 Å². The number of aromatic nitrogens is 3. The van der Waals surface area contributed by atoms with E-state index in [-0.39, 0.29) is 30.1 Å². The second kappa shape index (κ2) is 8.14. The molecule has 1 aromatic heterocycles. The van der Waals surface area contributed by atoms with Gasteiger partial charge in [0.2, 0.25) is 11.9 Å². The van der Waals surface area contributed by atoms with E-state index in [1.165, 1.54) is 24.3 Å². The Morgan fingerprint density at radius 1 is 1.09 bits per heavy atom. The van der Waals surface area contributed by atoms with E-state index < -0.39 is 17.5 Å². The van der Waals surface area contributed by atoms with Gasteiger partial charge in [-0.15, -0.1) is 0 Å². The van der Waals surface area contributed by atoms with Gasteiger partial charge < -0.3 is 25.8 Å². The normalized spacial score (nSPS) is 19.2. The van der Waals surface area contributed by atoms with Crippen LogP contribution in [0.15, 0.2) is 42.5 Å². The van der Waals surface area contributed by atoms with E-state index in [2.05, 4.69) is 25.6 Å². The number of nitrogens with zero attached hydrogens (tertiary/aromatic N) is 4. The molecule has 1 fully saturated rings. The number of carbonyl (C=O) groups excluding carboxylic acids is 2. The van der Waals surface area contributed by atoms with E-state index in [1.807, 2.05) is 0 Å². The van der Waals surface area contributed by atoms with Gasteiger partial charge in [0.05, 0.1) is 6.54 Å². The smallest absolute Gasteiger partial charge is 0.325 e.